The molecule has 2 heterocycles. The van der Waals surface area contributed by atoms with Crippen LogP contribution in [-0.4, -0.2) is 46.7 Å². The monoisotopic (exact) mass is 428 g/mol. The van der Waals surface area contributed by atoms with Gasteiger partial charge >= 0.3 is 12.1 Å². The first-order valence-corrected chi connectivity index (χ1v) is 10.8. The van der Waals surface area contributed by atoms with Gasteiger partial charge in [-0.1, -0.05) is 54.6 Å². The van der Waals surface area contributed by atoms with Crippen molar-refractivity contribution in [1.82, 2.24) is 9.88 Å². The summed E-state index contributed by atoms with van der Waals surface area (Å²) in [7, 11) is 0. The molecule has 1 aliphatic heterocycles. The molecule has 0 spiro atoms. The maximum Gasteiger partial charge on any atom is 0.409 e. The number of carbonyl (C=O) groups excluding carboxylic acids is 1. The molecule has 0 saturated carbocycles. The molecule has 2 aromatic carbocycles. The number of rotatable bonds is 4. The van der Waals surface area contributed by atoms with Crippen LogP contribution >= 0.6 is 0 Å². The van der Waals surface area contributed by atoms with E-state index in [9.17, 15) is 14.7 Å². The lowest BCUT2D eigenvalue weighted by atomic mass is 9.92. The molecule has 0 bridgehead atoms. The highest BCUT2D eigenvalue weighted by Gasteiger charge is 2.42. The van der Waals surface area contributed by atoms with E-state index in [-0.39, 0.29) is 31.5 Å². The number of nitrogens with zero attached hydrogens (tertiary/aromatic N) is 2. The Morgan fingerprint density at radius 3 is 2.25 bits per heavy atom. The first kappa shape index (κ1) is 20.2. The van der Waals surface area contributed by atoms with Gasteiger partial charge in [0.05, 0.1) is 5.92 Å². The van der Waals surface area contributed by atoms with Crippen molar-refractivity contribution >= 4 is 12.1 Å². The van der Waals surface area contributed by atoms with Gasteiger partial charge in [-0.3, -0.25) is 9.78 Å². The highest BCUT2D eigenvalue weighted by molar-refractivity contribution is 5.79. The number of aliphatic carboxylic acids is 1. The molecular formula is C26H24N2O4. The topological polar surface area (TPSA) is 79.7 Å². The van der Waals surface area contributed by atoms with Crippen LogP contribution in [0.5, 0.6) is 0 Å². The van der Waals surface area contributed by atoms with Crippen LogP contribution in [0.4, 0.5) is 4.79 Å². The number of pyridine rings is 1. The quantitative estimate of drug-likeness (QED) is 0.665. The lowest BCUT2D eigenvalue weighted by Gasteiger charge is -2.19. The summed E-state index contributed by atoms with van der Waals surface area (Å²) in [5, 5.41) is 9.71. The van der Waals surface area contributed by atoms with Gasteiger partial charge in [-0.15, -0.1) is 0 Å². The average Bonchev–Trinajstić information content (AvgIpc) is 3.39. The van der Waals surface area contributed by atoms with Crippen LogP contribution in [0, 0.1) is 12.8 Å². The molecule has 1 saturated heterocycles. The van der Waals surface area contributed by atoms with Crippen LogP contribution < -0.4 is 0 Å². The van der Waals surface area contributed by atoms with Gasteiger partial charge in [-0.2, -0.15) is 0 Å². The molecule has 2 aliphatic rings. The first-order valence-electron chi connectivity index (χ1n) is 10.8. The maximum atomic E-state index is 12.9. The standard InChI is InChI=1S/C26H24N2O4/c1-16-10-11-24(27-12-16)21-13-28(14-22(21)25(29)30)26(31)32-15-23-19-8-4-2-6-17(19)18-7-3-5-9-20(18)23/h2-12,21-23H,13-15H2,1H3,(H,29,30). The van der Waals surface area contributed by atoms with Crippen LogP contribution in [0.1, 0.15) is 34.2 Å². The van der Waals surface area contributed by atoms with E-state index >= 15 is 0 Å². The Bertz CT molecular complexity index is 1130. The smallest absolute Gasteiger partial charge is 0.409 e. The fourth-order valence-electron chi connectivity index (χ4n) is 4.89. The Morgan fingerprint density at radius 1 is 1.00 bits per heavy atom. The van der Waals surface area contributed by atoms with Crippen molar-refractivity contribution in [3.63, 3.8) is 0 Å². The summed E-state index contributed by atoms with van der Waals surface area (Å²) in [6.45, 7) is 2.55. The zero-order valence-electron chi connectivity index (χ0n) is 17.8. The fraction of sp³-hybridized carbons (Fsp3) is 0.269. The van der Waals surface area contributed by atoms with Crippen LogP contribution in [-0.2, 0) is 9.53 Å². The van der Waals surface area contributed by atoms with Gasteiger partial charge in [0.25, 0.3) is 0 Å². The number of aryl methyl sites for hydroxylation is 1. The Kier molecular flexibility index (Phi) is 5.13. The summed E-state index contributed by atoms with van der Waals surface area (Å²) < 4.78 is 5.73. The normalized spacial score (nSPS) is 19.5. The van der Waals surface area contributed by atoms with Crippen molar-refractivity contribution in [1.29, 1.82) is 0 Å². The molecule has 1 aromatic heterocycles. The second-order valence-electron chi connectivity index (χ2n) is 8.52. The number of hydrogen-bond donors (Lipinski definition) is 1. The number of benzene rings is 2. The molecule has 5 rings (SSSR count). The van der Waals surface area contributed by atoms with Crippen LogP contribution in [0.2, 0.25) is 0 Å². The number of hydrogen-bond acceptors (Lipinski definition) is 4. The van der Waals surface area contributed by atoms with E-state index < -0.39 is 18.0 Å². The van der Waals surface area contributed by atoms with Gasteiger partial charge in [-0.25, -0.2) is 4.79 Å². The fourth-order valence-corrected chi connectivity index (χ4v) is 4.89. The lowest BCUT2D eigenvalue weighted by Crippen LogP contribution is -2.31. The van der Waals surface area contributed by atoms with E-state index in [1.807, 2.05) is 43.3 Å². The van der Waals surface area contributed by atoms with E-state index in [0.29, 0.717) is 5.69 Å². The van der Waals surface area contributed by atoms with Gasteiger partial charge < -0.3 is 14.7 Å². The van der Waals surface area contributed by atoms with Gasteiger partial charge in [0.1, 0.15) is 6.61 Å². The third kappa shape index (κ3) is 3.51. The molecule has 2 unspecified atom stereocenters. The van der Waals surface area contributed by atoms with Crippen molar-refractivity contribution in [2.24, 2.45) is 5.92 Å². The largest absolute Gasteiger partial charge is 0.481 e. The number of carboxylic acids is 1. The zero-order valence-corrected chi connectivity index (χ0v) is 17.8. The number of carbonyl (C=O) groups is 2. The van der Waals surface area contributed by atoms with Gasteiger partial charge in [0.2, 0.25) is 0 Å². The van der Waals surface area contributed by atoms with Crippen LogP contribution in [0.25, 0.3) is 11.1 Å². The summed E-state index contributed by atoms with van der Waals surface area (Å²) in [6.07, 6.45) is 1.25. The molecular weight excluding hydrogens is 404 g/mol. The zero-order chi connectivity index (χ0) is 22.2. The van der Waals surface area contributed by atoms with Crippen molar-refractivity contribution in [2.45, 2.75) is 18.8 Å². The predicted octanol–water partition coefficient (Wildman–Crippen LogP) is 4.44. The van der Waals surface area contributed by atoms with Crippen LogP contribution in [0.15, 0.2) is 66.9 Å². The minimum absolute atomic E-state index is 0.0289. The predicted molar refractivity (Wildman–Crippen MR) is 119 cm³/mol. The van der Waals surface area contributed by atoms with Gasteiger partial charge in [-0.05, 0) is 40.8 Å². The molecule has 0 radical (unpaired) electrons. The van der Waals surface area contributed by atoms with Gasteiger partial charge in [0, 0.05) is 36.8 Å². The number of carboxylic acid groups (broad SMARTS) is 1. The van der Waals surface area contributed by atoms with Crippen LogP contribution in [0.3, 0.4) is 0 Å². The van der Waals surface area contributed by atoms with E-state index in [0.717, 1.165) is 16.7 Å². The number of likely N-dealkylation sites (tertiary alicyclic amines) is 1. The summed E-state index contributed by atoms with van der Waals surface area (Å²) >= 11 is 0. The number of amides is 1. The van der Waals surface area contributed by atoms with E-state index in [1.54, 1.807) is 6.20 Å². The minimum Gasteiger partial charge on any atom is -0.481 e. The molecule has 2 atom stereocenters. The molecule has 1 fully saturated rings. The average molecular weight is 428 g/mol. The second kappa shape index (κ2) is 8.11. The summed E-state index contributed by atoms with van der Waals surface area (Å²) in [4.78, 5) is 30.7. The summed E-state index contributed by atoms with van der Waals surface area (Å²) in [6, 6.07) is 20.1. The highest BCUT2D eigenvalue weighted by atomic mass is 16.6. The third-order valence-corrected chi connectivity index (χ3v) is 6.55. The van der Waals surface area contributed by atoms with E-state index in [2.05, 4.69) is 29.2 Å². The van der Waals surface area contributed by atoms with E-state index in [1.165, 1.54) is 16.0 Å². The molecule has 162 valence electrons. The molecule has 3 aromatic rings. The SMILES string of the molecule is Cc1ccc(C2CN(C(=O)OCC3c4ccccc4-c4ccccc43)CC2C(=O)O)nc1. The second-order valence-corrected chi connectivity index (χ2v) is 8.52. The minimum atomic E-state index is -0.925. The molecule has 1 aliphatic carbocycles. The van der Waals surface area contributed by atoms with Crippen molar-refractivity contribution < 1.29 is 19.4 Å². The summed E-state index contributed by atoms with van der Waals surface area (Å²) in [5.74, 6) is -2.01. The molecule has 1 N–H and O–H groups in total. The van der Waals surface area contributed by atoms with Crippen molar-refractivity contribution in [3.05, 3.63) is 89.2 Å². The Balaban J connectivity index is 1.32. The number of aromatic nitrogens is 1. The molecule has 1 amide bonds. The van der Waals surface area contributed by atoms with Crippen molar-refractivity contribution in [3.8, 4) is 11.1 Å². The van der Waals surface area contributed by atoms with Crippen molar-refractivity contribution in [2.75, 3.05) is 19.7 Å². The van der Waals surface area contributed by atoms with E-state index in [4.69, 9.17) is 4.74 Å². The Hall–Kier alpha value is -3.67. The maximum absolute atomic E-state index is 12.9. The molecule has 6 nitrogen and oxygen atoms in total. The third-order valence-electron chi connectivity index (χ3n) is 6.55. The molecule has 32 heavy (non-hydrogen) atoms. The first-order chi connectivity index (χ1) is 15.5. The van der Waals surface area contributed by atoms with Gasteiger partial charge in [0.15, 0.2) is 0 Å². The summed E-state index contributed by atoms with van der Waals surface area (Å²) in [5.41, 5.74) is 6.33. The Morgan fingerprint density at radius 2 is 1.66 bits per heavy atom. The molecule has 6 heteroatoms. The Labute approximate surface area is 186 Å². The number of ether oxygens (including phenoxy) is 1. The highest BCUT2D eigenvalue weighted by Crippen LogP contribution is 2.44. The lowest BCUT2D eigenvalue weighted by molar-refractivity contribution is -0.141. The number of fused-ring (bicyclic) bond motifs is 3.